The number of rotatable bonds is 12. The van der Waals surface area contributed by atoms with Crippen molar-refractivity contribution in [2.75, 3.05) is 30.0 Å². The van der Waals surface area contributed by atoms with Gasteiger partial charge in [0.25, 0.3) is 0 Å². The fraction of sp³-hybridized carbons (Fsp3) is 0.286. The summed E-state index contributed by atoms with van der Waals surface area (Å²) in [6.45, 7) is 2.36. The Balaban J connectivity index is 1.26. The summed E-state index contributed by atoms with van der Waals surface area (Å²) in [4.78, 5) is 20.3. The average molecular weight is 648 g/mol. The van der Waals surface area contributed by atoms with E-state index < -0.39 is 24.5 Å². The Morgan fingerprint density at radius 1 is 0.896 bits per heavy atom. The van der Waals surface area contributed by atoms with Crippen LogP contribution in [-0.4, -0.2) is 82.0 Å². The molecule has 1 aliphatic rings. The number of hydrogen-bond acceptors (Lipinski definition) is 11. The van der Waals surface area contributed by atoms with Gasteiger partial charge in [-0.1, -0.05) is 91.0 Å². The molecule has 48 heavy (non-hydrogen) atoms. The third kappa shape index (κ3) is 6.36. The van der Waals surface area contributed by atoms with Crippen LogP contribution >= 0.6 is 0 Å². The number of nitrogens with zero attached hydrogens (tertiary/aromatic N) is 7. The lowest BCUT2D eigenvalue weighted by Gasteiger charge is -2.23. The summed E-state index contributed by atoms with van der Waals surface area (Å²) in [5, 5.41) is 43.0. The van der Waals surface area contributed by atoms with Gasteiger partial charge >= 0.3 is 0 Å². The molecule has 1 aliphatic heterocycles. The van der Waals surface area contributed by atoms with Crippen molar-refractivity contribution in [2.45, 2.75) is 43.8 Å². The number of hydrogen-bond donors (Lipinski definition) is 5. The van der Waals surface area contributed by atoms with Crippen molar-refractivity contribution in [3.63, 3.8) is 0 Å². The number of aliphatic hydroxyl groups excluding tert-OH is 3. The van der Waals surface area contributed by atoms with Crippen molar-refractivity contribution in [1.29, 1.82) is 0 Å². The molecule has 0 radical (unpaired) electrons. The minimum atomic E-state index is -1.33. The number of H-pyrrole nitrogens is 1. The van der Waals surface area contributed by atoms with Gasteiger partial charge in [0, 0.05) is 19.0 Å². The fourth-order valence-corrected chi connectivity index (χ4v) is 6.09. The van der Waals surface area contributed by atoms with Crippen molar-refractivity contribution in [3.05, 3.63) is 126 Å². The molecule has 4 heterocycles. The highest BCUT2D eigenvalue weighted by Crippen LogP contribution is 2.39. The molecular weight excluding hydrogens is 610 g/mol. The summed E-state index contributed by atoms with van der Waals surface area (Å²) < 4.78 is 7.74. The fourth-order valence-electron chi connectivity index (χ4n) is 6.09. The highest BCUT2D eigenvalue weighted by molar-refractivity contribution is 5.84. The zero-order valence-electron chi connectivity index (χ0n) is 26.3. The van der Waals surface area contributed by atoms with E-state index in [1.54, 1.807) is 16.4 Å². The van der Waals surface area contributed by atoms with Crippen molar-refractivity contribution in [2.24, 2.45) is 0 Å². The molecule has 0 spiro atoms. The predicted octanol–water partition coefficient (Wildman–Crippen LogP) is 3.49. The number of anilines is 2. The molecule has 6 aromatic rings. The monoisotopic (exact) mass is 647 g/mol. The first kappa shape index (κ1) is 31.4. The predicted molar refractivity (Wildman–Crippen MR) is 179 cm³/mol. The van der Waals surface area contributed by atoms with Gasteiger partial charge in [-0.2, -0.15) is 15.1 Å². The van der Waals surface area contributed by atoms with Gasteiger partial charge < -0.3 is 30.3 Å². The molecule has 7 rings (SSSR count). The first-order chi connectivity index (χ1) is 23.5. The zero-order valence-corrected chi connectivity index (χ0v) is 26.3. The summed E-state index contributed by atoms with van der Waals surface area (Å²) in [5.74, 6) is 1.52. The molecule has 3 aromatic carbocycles. The molecule has 246 valence electrons. The second-order valence-corrected chi connectivity index (χ2v) is 11.8. The van der Waals surface area contributed by atoms with Gasteiger partial charge in [-0.25, -0.2) is 9.97 Å². The molecule has 3 aromatic heterocycles. The summed E-state index contributed by atoms with van der Waals surface area (Å²) in [6, 6.07) is 30.5. The van der Waals surface area contributed by atoms with Gasteiger partial charge in [-0.15, -0.1) is 0 Å². The first-order valence-electron chi connectivity index (χ1n) is 15.9. The molecule has 13 heteroatoms. The van der Waals surface area contributed by atoms with Gasteiger partial charge in [-0.3, -0.25) is 9.67 Å². The quantitative estimate of drug-likeness (QED) is 0.123. The van der Waals surface area contributed by atoms with E-state index in [9.17, 15) is 15.3 Å². The van der Waals surface area contributed by atoms with Crippen molar-refractivity contribution in [1.82, 2.24) is 34.7 Å². The normalized spacial score (nSPS) is 19.3. The van der Waals surface area contributed by atoms with E-state index in [1.807, 2.05) is 66.7 Å². The highest BCUT2D eigenvalue weighted by atomic mass is 16.6. The standard InChI is InChI=1S/C35H37N9O4/c1-22-38-32(42-41-22)30-28(46)29(47)34(48-30)44-20-37-27-31(36-19-26(24-13-7-3-8-14-24)25-15-9-4-10-16-25)39-35(40-33(27)44)43(21-45)18-17-23-11-5-2-6-12-23/h2-16,20,26,28-30,34,45-47H,17-19,21H2,1H3,(H,36,39,40)(H,38,41,42)/t28-,29+,30-,34+/m0/s1. The molecule has 0 bridgehead atoms. The summed E-state index contributed by atoms with van der Waals surface area (Å²) >= 11 is 0. The average Bonchev–Trinajstić information content (AvgIpc) is 3.83. The summed E-state index contributed by atoms with van der Waals surface area (Å²) in [5.41, 5.74) is 4.19. The van der Waals surface area contributed by atoms with Crippen LogP contribution < -0.4 is 10.2 Å². The molecule has 1 saturated heterocycles. The summed E-state index contributed by atoms with van der Waals surface area (Å²) in [6.07, 6.45) is -2.46. The van der Waals surface area contributed by atoms with Crippen molar-refractivity contribution >= 4 is 22.9 Å². The lowest BCUT2D eigenvalue weighted by Crippen LogP contribution is -2.30. The van der Waals surface area contributed by atoms with E-state index in [0.717, 1.165) is 16.7 Å². The van der Waals surface area contributed by atoms with Crippen LogP contribution in [-0.2, 0) is 11.2 Å². The molecule has 5 N–H and O–H groups in total. The van der Waals surface area contributed by atoms with Gasteiger partial charge in [-0.05, 0) is 30.0 Å². The second kappa shape index (κ2) is 13.9. The molecule has 4 atom stereocenters. The minimum absolute atomic E-state index is 0.00400. The summed E-state index contributed by atoms with van der Waals surface area (Å²) in [7, 11) is 0. The van der Waals surface area contributed by atoms with Crippen LogP contribution in [0.15, 0.2) is 97.3 Å². The maximum Gasteiger partial charge on any atom is 0.231 e. The van der Waals surface area contributed by atoms with Crippen molar-refractivity contribution < 1.29 is 20.1 Å². The minimum Gasteiger partial charge on any atom is -0.387 e. The van der Waals surface area contributed by atoms with Crippen LogP contribution in [0, 0.1) is 6.92 Å². The topological polar surface area (TPSA) is 170 Å². The zero-order chi connectivity index (χ0) is 33.0. The van der Waals surface area contributed by atoms with Crippen molar-refractivity contribution in [3.8, 4) is 0 Å². The van der Waals surface area contributed by atoms with Crippen LogP contribution in [0.5, 0.6) is 0 Å². The van der Waals surface area contributed by atoms with E-state index in [0.29, 0.717) is 42.3 Å². The molecule has 0 unspecified atom stereocenters. The molecule has 0 amide bonds. The second-order valence-electron chi connectivity index (χ2n) is 11.8. The number of aliphatic hydroxyl groups is 3. The van der Waals surface area contributed by atoms with Gasteiger partial charge in [0.05, 0.1) is 6.33 Å². The van der Waals surface area contributed by atoms with E-state index in [-0.39, 0.29) is 24.4 Å². The number of fused-ring (bicyclic) bond motifs is 1. The smallest absolute Gasteiger partial charge is 0.231 e. The molecule has 1 fully saturated rings. The maximum absolute atomic E-state index is 11.2. The number of aryl methyl sites for hydroxylation is 1. The number of imidazole rings is 1. The Kier molecular flexibility index (Phi) is 9.07. The third-order valence-corrected chi connectivity index (χ3v) is 8.64. The Hall–Kier alpha value is -5.21. The number of aromatic amines is 1. The largest absolute Gasteiger partial charge is 0.387 e. The third-order valence-electron chi connectivity index (χ3n) is 8.64. The molecule has 0 saturated carbocycles. The van der Waals surface area contributed by atoms with E-state index >= 15 is 0 Å². The van der Waals surface area contributed by atoms with E-state index in [2.05, 4.69) is 49.7 Å². The van der Waals surface area contributed by atoms with Crippen LogP contribution in [0.4, 0.5) is 11.8 Å². The number of aromatic nitrogens is 7. The Morgan fingerprint density at radius 3 is 2.19 bits per heavy atom. The first-order valence-corrected chi connectivity index (χ1v) is 15.9. The van der Waals surface area contributed by atoms with Crippen LogP contribution in [0.3, 0.4) is 0 Å². The van der Waals surface area contributed by atoms with Gasteiger partial charge in [0.2, 0.25) is 5.95 Å². The van der Waals surface area contributed by atoms with E-state index in [1.165, 1.54) is 6.33 Å². The van der Waals surface area contributed by atoms with E-state index in [4.69, 9.17) is 14.7 Å². The molecule has 0 aliphatic carbocycles. The number of ether oxygens (including phenoxy) is 1. The lowest BCUT2D eigenvalue weighted by molar-refractivity contribution is -0.0382. The highest BCUT2D eigenvalue weighted by Gasteiger charge is 2.47. The molecule has 13 nitrogen and oxygen atoms in total. The van der Waals surface area contributed by atoms with Gasteiger partial charge in [0.15, 0.2) is 35.1 Å². The maximum atomic E-state index is 11.2. The van der Waals surface area contributed by atoms with Gasteiger partial charge in [0.1, 0.15) is 24.8 Å². The Bertz CT molecular complexity index is 1900. The molecular formula is C35H37N9O4. The lowest BCUT2D eigenvalue weighted by atomic mass is 9.91. The van der Waals surface area contributed by atoms with Crippen LogP contribution in [0.1, 0.15) is 46.6 Å². The van der Waals surface area contributed by atoms with Crippen LogP contribution in [0.2, 0.25) is 0 Å². The number of nitrogens with one attached hydrogen (secondary N) is 2. The Morgan fingerprint density at radius 2 is 1.56 bits per heavy atom. The Labute approximate surface area is 276 Å². The van der Waals surface area contributed by atoms with Crippen LogP contribution in [0.25, 0.3) is 11.2 Å². The SMILES string of the molecule is Cc1nc([C@H]2O[C@@H](n3cnc4c(NCC(c5ccccc5)c5ccccc5)nc(N(CO)CCc5ccccc5)nc43)[C@H](O)[C@@H]2O)n[nH]1. The number of benzene rings is 3.